The smallest absolute Gasteiger partial charge is 0.262 e. The number of hydrogen-bond acceptors (Lipinski definition) is 7. The predicted molar refractivity (Wildman–Crippen MR) is 101 cm³/mol. The van der Waals surface area contributed by atoms with Crippen molar-refractivity contribution < 1.29 is 22.7 Å². The number of nitrogens with one attached hydrogen (secondary N) is 1. The van der Waals surface area contributed by atoms with Gasteiger partial charge in [0.25, 0.3) is 10.0 Å². The van der Waals surface area contributed by atoms with Crippen LogP contribution in [0.1, 0.15) is 40.0 Å². The van der Waals surface area contributed by atoms with Crippen molar-refractivity contribution >= 4 is 21.7 Å². The molecule has 2 aliphatic rings. The van der Waals surface area contributed by atoms with E-state index in [0.717, 1.165) is 0 Å². The molecule has 0 aromatic heterocycles. The minimum Gasteiger partial charge on any atom is -0.475 e. The van der Waals surface area contributed by atoms with Gasteiger partial charge in [-0.25, -0.2) is 8.42 Å². The third kappa shape index (κ3) is 4.99. The monoisotopic (exact) mass is 402 g/mol. The van der Waals surface area contributed by atoms with Crippen molar-refractivity contribution in [2.45, 2.75) is 52.1 Å². The fourth-order valence-electron chi connectivity index (χ4n) is 3.33. The summed E-state index contributed by atoms with van der Waals surface area (Å²) in [4.78, 5) is 26.3. The predicted octanol–water partition coefficient (Wildman–Crippen LogP) is -0.0522. The highest BCUT2D eigenvalue weighted by atomic mass is 32.2. The number of Topliss-reactive ketones (excluding diaryl/α,β-unsaturated/α-hetero) is 1. The molecular formula is C17H30N4O5S. The van der Waals surface area contributed by atoms with Crippen molar-refractivity contribution in [3.63, 3.8) is 0 Å². The summed E-state index contributed by atoms with van der Waals surface area (Å²) >= 11 is 0. The van der Waals surface area contributed by atoms with Crippen molar-refractivity contribution in [2.75, 3.05) is 26.9 Å². The average molecular weight is 403 g/mol. The summed E-state index contributed by atoms with van der Waals surface area (Å²) in [5, 5.41) is 2.77. The molecule has 1 fully saturated rings. The maximum atomic E-state index is 13.0. The first-order valence-corrected chi connectivity index (χ1v) is 10.6. The number of amides is 1. The molecule has 0 spiro atoms. The molecule has 1 unspecified atom stereocenters. The number of sulfonamides is 1. The van der Waals surface area contributed by atoms with Crippen molar-refractivity contribution in [2.24, 2.45) is 11.7 Å². The lowest BCUT2D eigenvalue weighted by molar-refractivity contribution is -0.128. The van der Waals surface area contributed by atoms with E-state index < -0.39 is 22.1 Å². The van der Waals surface area contributed by atoms with Gasteiger partial charge >= 0.3 is 0 Å². The summed E-state index contributed by atoms with van der Waals surface area (Å²) in [7, 11) is -2.22. The fraction of sp³-hybridized carbons (Fsp3) is 0.765. The van der Waals surface area contributed by atoms with Gasteiger partial charge in [-0.05, 0) is 32.1 Å². The molecule has 2 heterocycles. The van der Waals surface area contributed by atoms with Crippen molar-refractivity contribution in [1.29, 1.82) is 0 Å². The highest BCUT2D eigenvalue weighted by Gasteiger charge is 2.38. The van der Waals surface area contributed by atoms with E-state index in [9.17, 15) is 18.0 Å². The van der Waals surface area contributed by atoms with E-state index in [1.54, 1.807) is 14.0 Å². The van der Waals surface area contributed by atoms with Crippen LogP contribution in [0.25, 0.3) is 0 Å². The lowest BCUT2D eigenvalue weighted by atomic mass is 10.0. The molecule has 0 aromatic rings. The Labute approximate surface area is 160 Å². The third-order valence-electron chi connectivity index (χ3n) is 4.71. The number of nitrogens with zero attached hydrogens (tertiary/aromatic N) is 2. The highest BCUT2D eigenvalue weighted by molar-refractivity contribution is 7.93. The molecule has 1 amide bonds. The van der Waals surface area contributed by atoms with E-state index in [1.807, 2.05) is 13.8 Å². The van der Waals surface area contributed by atoms with Crippen LogP contribution in [-0.2, 0) is 24.3 Å². The Bertz CT molecular complexity index is 719. The van der Waals surface area contributed by atoms with Gasteiger partial charge in [0, 0.05) is 13.6 Å². The molecule has 3 N–H and O–H groups in total. The van der Waals surface area contributed by atoms with Crippen LogP contribution >= 0.6 is 0 Å². The fourth-order valence-corrected chi connectivity index (χ4v) is 5.11. The largest absolute Gasteiger partial charge is 0.475 e. The zero-order valence-corrected chi connectivity index (χ0v) is 17.2. The summed E-state index contributed by atoms with van der Waals surface area (Å²) in [6.07, 6.45) is 1.37. The first kappa shape index (κ1) is 21.6. The summed E-state index contributed by atoms with van der Waals surface area (Å²) < 4.78 is 32.4. The molecule has 9 nitrogen and oxygen atoms in total. The van der Waals surface area contributed by atoms with Crippen molar-refractivity contribution in [3.05, 3.63) is 10.8 Å². The number of ketones is 1. The Morgan fingerprint density at radius 2 is 2.07 bits per heavy atom. The lowest BCUT2D eigenvalue weighted by Gasteiger charge is -2.23. The van der Waals surface area contributed by atoms with Crippen LogP contribution in [-0.4, -0.2) is 68.3 Å². The first-order chi connectivity index (χ1) is 12.5. The van der Waals surface area contributed by atoms with E-state index in [0.29, 0.717) is 25.0 Å². The van der Waals surface area contributed by atoms with Crippen LogP contribution in [0.15, 0.2) is 10.8 Å². The Morgan fingerprint density at radius 1 is 1.41 bits per heavy atom. The zero-order chi connectivity index (χ0) is 20.4. The quantitative estimate of drug-likeness (QED) is 0.638. The molecule has 1 saturated heterocycles. The van der Waals surface area contributed by atoms with Crippen molar-refractivity contribution in [3.8, 4) is 0 Å². The van der Waals surface area contributed by atoms with Gasteiger partial charge in [-0.2, -0.15) is 4.31 Å². The average Bonchev–Trinajstić information content (AvgIpc) is 2.79. The second-order valence-corrected chi connectivity index (χ2v) is 9.43. The summed E-state index contributed by atoms with van der Waals surface area (Å²) in [6.45, 7) is 5.62. The molecule has 2 rings (SSSR count). The Morgan fingerprint density at radius 3 is 2.63 bits per heavy atom. The van der Waals surface area contributed by atoms with Gasteiger partial charge in [0.2, 0.25) is 5.91 Å². The summed E-state index contributed by atoms with van der Waals surface area (Å²) in [5.41, 5.74) is 5.87. The van der Waals surface area contributed by atoms with Gasteiger partial charge in [-0.3, -0.25) is 9.59 Å². The molecular weight excluding hydrogens is 372 g/mol. The van der Waals surface area contributed by atoms with Crippen LogP contribution in [0.5, 0.6) is 0 Å². The SMILES string of the molecule is CC1=C(S(=O)(=O)N2CCCC(NC(=O)[C@@H](N)CC(C)C)C(=O)C2)N(C)CO1. The number of ether oxygens (including phenoxy) is 1. The summed E-state index contributed by atoms with van der Waals surface area (Å²) in [5.74, 6) is -0.126. The van der Waals surface area contributed by atoms with Gasteiger partial charge in [0.1, 0.15) is 5.76 Å². The van der Waals surface area contributed by atoms with Gasteiger partial charge < -0.3 is 20.7 Å². The molecule has 0 radical (unpaired) electrons. The van der Waals surface area contributed by atoms with Gasteiger partial charge in [-0.15, -0.1) is 0 Å². The molecule has 154 valence electrons. The van der Waals surface area contributed by atoms with Crippen LogP contribution in [0.3, 0.4) is 0 Å². The van der Waals surface area contributed by atoms with E-state index in [-0.39, 0.29) is 42.5 Å². The summed E-state index contributed by atoms with van der Waals surface area (Å²) in [6, 6.07) is -1.40. The maximum absolute atomic E-state index is 13.0. The second-order valence-electron chi connectivity index (χ2n) is 7.58. The van der Waals surface area contributed by atoms with Crippen LogP contribution in [0.4, 0.5) is 0 Å². The van der Waals surface area contributed by atoms with Crippen LogP contribution < -0.4 is 11.1 Å². The number of carbonyl (C=O) groups is 2. The molecule has 27 heavy (non-hydrogen) atoms. The number of hydrogen-bond donors (Lipinski definition) is 2. The van der Waals surface area contributed by atoms with Gasteiger partial charge in [0.15, 0.2) is 17.5 Å². The minimum atomic E-state index is -3.84. The Hall–Kier alpha value is -1.65. The first-order valence-electron chi connectivity index (χ1n) is 9.17. The molecule has 2 atom stereocenters. The standard InChI is InChI=1S/C17H30N4O5S/c1-11(2)8-13(18)16(23)19-14-6-5-7-21(9-15(14)22)27(24,25)17-12(3)26-10-20(17)4/h11,13-14H,5-10,18H2,1-4H3,(H,19,23)/t13-,14?/m0/s1. The molecule has 2 aliphatic heterocycles. The molecule has 0 aliphatic carbocycles. The van der Waals surface area contributed by atoms with Gasteiger partial charge in [-0.1, -0.05) is 13.8 Å². The molecule has 0 saturated carbocycles. The second kappa shape index (κ2) is 8.57. The molecule has 10 heteroatoms. The van der Waals surface area contributed by atoms with E-state index >= 15 is 0 Å². The van der Waals surface area contributed by atoms with Crippen LogP contribution in [0, 0.1) is 5.92 Å². The van der Waals surface area contributed by atoms with Gasteiger partial charge in [0.05, 0.1) is 18.6 Å². The van der Waals surface area contributed by atoms with E-state index in [2.05, 4.69) is 5.32 Å². The zero-order valence-electron chi connectivity index (χ0n) is 16.4. The normalized spacial score (nSPS) is 23.4. The minimum absolute atomic E-state index is 0.0803. The maximum Gasteiger partial charge on any atom is 0.262 e. The van der Waals surface area contributed by atoms with E-state index in [4.69, 9.17) is 10.5 Å². The number of rotatable bonds is 6. The number of carbonyl (C=O) groups excluding carboxylic acids is 2. The Kier molecular flexibility index (Phi) is 6.87. The molecule has 0 bridgehead atoms. The van der Waals surface area contributed by atoms with Crippen LogP contribution in [0.2, 0.25) is 0 Å². The topological polar surface area (TPSA) is 122 Å². The number of nitrogens with two attached hydrogens (primary N) is 1. The number of allylic oxidation sites excluding steroid dienone is 1. The highest BCUT2D eigenvalue weighted by Crippen LogP contribution is 2.27. The van der Waals surface area contributed by atoms with E-state index in [1.165, 1.54) is 9.21 Å². The molecule has 0 aromatic carbocycles. The Balaban J connectivity index is 2.08. The lowest BCUT2D eigenvalue weighted by Crippen LogP contribution is -2.50. The van der Waals surface area contributed by atoms with Crippen molar-refractivity contribution in [1.82, 2.24) is 14.5 Å². The third-order valence-corrected chi connectivity index (χ3v) is 6.79.